The average molecular weight is 277 g/mol. The van der Waals surface area contributed by atoms with Gasteiger partial charge < -0.3 is 5.73 Å². The molecule has 0 radical (unpaired) electrons. The van der Waals surface area contributed by atoms with Gasteiger partial charge in [0, 0.05) is 6.54 Å². The number of nitrogens with zero attached hydrogens (tertiary/aromatic N) is 2. The van der Waals surface area contributed by atoms with Crippen molar-refractivity contribution in [2.45, 2.75) is 40.2 Å². The van der Waals surface area contributed by atoms with E-state index in [2.05, 4.69) is 0 Å². The van der Waals surface area contributed by atoms with Crippen LogP contribution in [0.3, 0.4) is 0 Å². The van der Waals surface area contributed by atoms with Crippen molar-refractivity contribution in [2.75, 3.05) is 5.73 Å². The largest absolute Gasteiger partial charge is 0.393 e. The summed E-state index contributed by atoms with van der Waals surface area (Å²) in [5.41, 5.74) is 8.25. The van der Waals surface area contributed by atoms with Crippen LogP contribution in [-0.4, -0.2) is 9.36 Å². The topological polar surface area (TPSA) is 53.0 Å². The highest BCUT2D eigenvalue weighted by atomic mass is 19.1. The summed E-state index contributed by atoms with van der Waals surface area (Å²) in [6.07, 6.45) is 1.66. The third-order valence-electron chi connectivity index (χ3n) is 3.46. The fourth-order valence-corrected chi connectivity index (χ4v) is 2.54. The standard InChI is InChI=1S/C15H20FN3O/c1-4-6-13-14(17)15(20)19(18(13)5-2)12-8-7-11(16)9-10(12)3/h7-9H,4-6,17H2,1-3H3. The molecule has 0 spiro atoms. The maximum atomic E-state index is 13.2. The number of benzene rings is 1. The molecule has 108 valence electrons. The monoisotopic (exact) mass is 277 g/mol. The number of hydrogen-bond acceptors (Lipinski definition) is 2. The first-order valence-electron chi connectivity index (χ1n) is 6.87. The lowest BCUT2D eigenvalue weighted by molar-refractivity contribution is 0.542. The lowest BCUT2D eigenvalue weighted by Gasteiger charge is -2.14. The summed E-state index contributed by atoms with van der Waals surface area (Å²) in [5, 5.41) is 0. The van der Waals surface area contributed by atoms with Gasteiger partial charge in [0.1, 0.15) is 11.5 Å². The molecule has 0 amide bonds. The molecule has 0 aliphatic carbocycles. The van der Waals surface area contributed by atoms with Crippen molar-refractivity contribution in [2.24, 2.45) is 0 Å². The number of rotatable bonds is 4. The van der Waals surface area contributed by atoms with Gasteiger partial charge in [-0.1, -0.05) is 13.3 Å². The van der Waals surface area contributed by atoms with Crippen molar-refractivity contribution in [3.8, 4) is 5.69 Å². The molecule has 0 saturated heterocycles. The van der Waals surface area contributed by atoms with Crippen LogP contribution >= 0.6 is 0 Å². The normalized spacial score (nSPS) is 11.0. The van der Waals surface area contributed by atoms with E-state index in [1.165, 1.54) is 12.1 Å². The number of nitrogen functional groups attached to an aromatic ring is 1. The van der Waals surface area contributed by atoms with Gasteiger partial charge in [-0.2, -0.15) is 0 Å². The van der Waals surface area contributed by atoms with Crippen LogP contribution in [0.2, 0.25) is 0 Å². The molecule has 0 unspecified atom stereocenters. The molecule has 4 nitrogen and oxygen atoms in total. The van der Waals surface area contributed by atoms with Crippen molar-refractivity contribution in [3.05, 3.63) is 45.6 Å². The summed E-state index contributed by atoms with van der Waals surface area (Å²) in [7, 11) is 0. The molecule has 2 aromatic rings. The molecule has 0 fully saturated rings. The van der Waals surface area contributed by atoms with E-state index in [0.29, 0.717) is 17.8 Å². The summed E-state index contributed by atoms with van der Waals surface area (Å²) < 4.78 is 16.7. The Kier molecular flexibility index (Phi) is 3.97. The summed E-state index contributed by atoms with van der Waals surface area (Å²) in [6.45, 7) is 6.43. The second-order valence-corrected chi connectivity index (χ2v) is 4.87. The predicted octanol–water partition coefficient (Wildman–Crippen LogP) is 2.64. The molecule has 20 heavy (non-hydrogen) atoms. The molecule has 0 saturated carbocycles. The molecule has 1 aromatic carbocycles. The Bertz CT molecular complexity index is 685. The second-order valence-electron chi connectivity index (χ2n) is 4.87. The first-order valence-corrected chi connectivity index (χ1v) is 6.87. The highest BCUT2D eigenvalue weighted by molar-refractivity contribution is 5.48. The fraction of sp³-hybridized carbons (Fsp3) is 0.400. The van der Waals surface area contributed by atoms with E-state index in [1.54, 1.807) is 17.7 Å². The summed E-state index contributed by atoms with van der Waals surface area (Å²) in [6, 6.07) is 4.40. The lowest BCUT2D eigenvalue weighted by Crippen LogP contribution is -2.23. The highest BCUT2D eigenvalue weighted by Gasteiger charge is 2.18. The number of aromatic nitrogens is 2. The maximum absolute atomic E-state index is 13.2. The van der Waals surface area contributed by atoms with Crippen molar-refractivity contribution < 1.29 is 4.39 Å². The predicted molar refractivity (Wildman–Crippen MR) is 78.8 cm³/mol. The van der Waals surface area contributed by atoms with E-state index < -0.39 is 0 Å². The van der Waals surface area contributed by atoms with Gasteiger partial charge in [0.15, 0.2) is 0 Å². The molecule has 0 aliphatic rings. The second kappa shape index (κ2) is 5.53. The zero-order chi connectivity index (χ0) is 14.9. The van der Waals surface area contributed by atoms with Crippen LogP contribution in [0.4, 0.5) is 10.1 Å². The van der Waals surface area contributed by atoms with E-state index in [9.17, 15) is 9.18 Å². The number of hydrogen-bond donors (Lipinski definition) is 1. The van der Waals surface area contributed by atoms with Crippen LogP contribution in [0.1, 0.15) is 31.5 Å². The van der Waals surface area contributed by atoms with Crippen molar-refractivity contribution in [1.82, 2.24) is 9.36 Å². The molecule has 5 heteroatoms. The molecule has 2 rings (SSSR count). The van der Waals surface area contributed by atoms with Gasteiger partial charge >= 0.3 is 0 Å². The molecule has 1 aromatic heterocycles. The van der Waals surface area contributed by atoms with Crippen molar-refractivity contribution in [3.63, 3.8) is 0 Å². The number of aryl methyl sites for hydroxylation is 1. The Hall–Kier alpha value is -2.04. The molecule has 0 aliphatic heterocycles. The molecule has 0 bridgehead atoms. The smallest absolute Gasteiger partial charge is 0.294 e. The number of anilines is 1. The van der Waals surface area contributed by atoms with E-state index in [0.717, 1.165) is 18.5 Å². The first kappa shape index (κ1) is 14.4. The summed E-state index contributed by atoms with van der Waals surface area (Å²) in [4.78, 5) is 12.4. The zero-order valence-corrected chi connectivity index (χ0v) is 12.1. The average Bonchev–Trinajstić information content (AvgIpc) is 2.64. The number of halogens is 1. The van der Waals surface area contributed by atoms with Crippen LogP contribution in [0, 0.1) is 12.7 Å². The van der Waals surface area contributed by atoms with E-state index in [-0.39, 0.29) is 17.1 Å². The molecule has 2 N–H and O–H groups in total. The Morgan fingerprint density at radius 2 is 2.00 bits per heavy atom. The van der Waals surface area contributed by atoms with E-state index in [4.69, 9.17) is 5.73 Å². The molecular weight excluding hydrogens is 257 g/mol. The Balaban J connectivity index is 2.73. The van der Waals surface area contributed by atoms with Gasteiger partial charge in [0.2, 0.25) is 0 Å². The minimum absolute atomic E-state index is 0.231. The zero-order valence-electron chi connectivity index (χ0n) is 12.1. The van der Waals surface area contributed by atoms with Crippen LogP contribution < -0.4 is 11.3 Å². The SMILES string of the molecule is CCCc1c(N)c(=O)n(-c2ccc(F)cc2C)n1CC. The Labute approximate surface area is 117 Å². The van der Waals surface area contributed by atoms with Gasteiger partial charge in [0.05, 0.1) is 11.4 Å². The van der Waals surface area contributed by atoms with E-state index in [1.807, 2.05) is 18.5 Å². The lowest BCUT2D eigenvalue weighted by atomic mass is 10.2. The minimum atomic E-state index is -0.310. The first-order chi connectivity index (χ1) is 9.51. The van der Waals surface area contributed by atoms with Gasteiger partial charge in [-0.05, 0) is 44.0 Å². The quantitative estimate of drug-likeness (QED) is 0.934. The van der Waals surface area contributed by atoms with Crippen LogP contribution in [0.15, 0.2) is 23.0 Å². The van der Waals surface area contributed by atoms with Crippen molar-refractivity contribution in [1.29, 1.82) is 0 Å². The number of nitrogens with two attached hydrogens (primary N) is 1. The summed E-state index contributed by atoms with van der Waals surface area (Å²) >= 11 is 0. The van der Waals surface area contributed by atoms with Crippen LogP contribution in [0.25, 0.3) is 5.69 Å². The molecule has 1 heterocycles. The van der Waals surface area contributed by atoms with Crippen molar-refractivity contribution >= 4 is 5.69 Å². The Morgan fingerprint density at radius 1 is 1.30 bits per heavy atom. The maximum Gasteiger partial charge on any atom is 0.294 e. The highest BCUT2D eigenvalue weighted by Crippen LogP contribution is 2.19. The van der Waals surface area contributed by atoms with Gasteiger partial charge in [-0.25, -0.2) is 9.07 Å². The molecule has 0 atom stereocenters. The van der Waals surface area contributed by atoms with E-state index >= 15 is 0 Å². The molecular formula is C15H20FN3O. The van der Waals surface area contributed by atoms with Crippen LogP contribution in [0.5, 0.6) is 0 Å². The minimum Gasteiger partial charge on any atom is -0.393 e. The summed E-state index contributed by atoms with van der Waals surface area (Å²) in [5.74, 6) is -0.310. The third kappa shape index (κ3) is 2.24. The van der Waals surface area contributed by atoms with Gasteiger partial charge in [0.25, 0.3) is 5.56 Å². The van der Waals surface area contributed by atoms with Crippen LogP contribution in [-0.2, 0) is 13.0 Å². The van der Waals surface area contributed by atoms with Gasteiger partial charge in [-0.15, -0.1) is 0 Å². The third-order valence-corrected chi connectivity index (χ3v) is 3.46. The fourth-order valence-electron chi connectivity index (χ4n) is 2.54. The Morgan fingerprint density at radius 3 is 2.55 bits per heavy atom. The van der Waals surface area contributed by atoms with Gasteiger partial charge in [-0.3, -0.25) is 9.48 Å².